The molecule has 0 heterocycles. The highest BCUT2D eigenvalue weighted by Crippen LogP contribution is 2.30. The van der Waals surface area contributed by atoms with Gasteiger partial charge in [0.2, 0.25) is 0 Å². The van der Waals surface area contributed by atoms with Crippen molar-refractivity contribution in [1.82, 2.24) is 0 Å². The molecule has 0 fully saturated rings. The Morgan fingerprint density at radius 3 is 2.78 bits per heavy atom. The van der Waals surface area contributed by atoms with Gasteiger partial charge < -0.3 is 4.74 Å². The highest BCUT2D eigenvalue weighted by atomic mass is 79.9. The molecule has 0 aromatic heterocycles. The van der Waals surface area contributed by atoms with Crippen molar-refractivity contribution in [1.29, 1.82) is 5.26 Å². The predicted molar refractivity (Wildman–Crippen MR) is 65.8 cm³/mol. The van der Waals surface area contributed by atoms with Gasteiger partial charge in [0.1, 0.15) is 10.5 Å². The molecular weight excluding hydrogens is 304 g/mol. The van der Waals surface area contributed by atoms with Gasteiger partial charge in [0.25, 0.3) is 5.69 Å². The Bertz CT molecular complexity index is 537. The van der Waals surface area contributed by atoms with Crippen LogP contribution in [0.25, 0.3) is 0 Å². The summed E-state index contributed by atoms with van der Waals surface area (Å²) >= 11 is 2.99. The zero-order valence-corrected chi connectivity index (χ0v) is 11.1. The Labute approximate surface area is 111 Å². The zero-order valence-electron chi connectivity index (χ0n) is 9.47. The van der Waals surface area contributed by atoms with Gasteiger partial charge in [-0.2, -0.15) is 5.26 Å². The van der Waals surface area contributed by atoms with E-state index in [2.05, 4.69) is 15.9 Å². The Kier molecular flexibility index (Phi) is 4.80. The zero-order chi connectivity index (χ0) is 13.7. The molecule has 0 saturated carbocycles. The minimum Gasteiger partial charge on any atom is -0.466 e. The molecule has 1 aromatic rings. The lowest BCUT2D eigenvalue weighted by molar-refractivity contribution is -0.385. The molecule has 18 heavy (non-hydrogen) atoms. The summed E-state index contributed by atoms with van der Waals surface area (Å²) in [7, 11) is 0. The predicted octanol–water partition coefficient (Wildman–Crippen LogP) is 2.33. The number of nitro groups is 1. The standard InChI is InChI=1S/C11H9BrN2O4/c1-2-18-10(15)5-7-3-8(6-13)11(12)9(4-7)14(16)17/h3-4H,2,5H2,1H3. The van der Waals surface area contributed by atoms with Crippen LogP contribution in [-0.4, -0.2) is 17.5 Å². The van der Waals surface area contributed by atoms with Crippen molar-refractivity contribution in [2.24, 2.45) is 0 Å². The molecule has 1 aromatic carbocycles. The number of esters is 1. The smallest absolute Gasteiger partial charge is 0.310 e. The molecular formula is C11H9BrN2O4. The van der Waals surface area contributed by atoms with E-state index in [0.717, 1.165) is 0 Å². The van der Waals surface area contributed by atoms with E-state index in [4.69, 9.17) is 10.00 Å². The van der Waals surface area contributed by atoms with Crippen LogP contribution < -0.4 is 0 Å². The molecule has 0 aliphatic carbocycles. The number of nitro benzene ring substituents is 1. The lowest BCUT2D eigenvalue weighted by Gasteiger charge is -2.04. The maximum atomic E-state index is 11.3. The third-order valence-corrected chi connectivity index (χ3v) is 2.92. The number of benzene rings is 1. The Hall–Kier alpha value is -1.94. The summed E-state index contributed by atoms with van der Waals surface area (Å²) in [6.07, 6.45) is -0.101. The van der Waals surface area contributed by atoms with E-state index in [0.29, 0.717) is 5.56 Å². The molecule has 0 bridgehead atoms. The first-order valence-corrected chi connectivity index (χ1v) is 5.81. The first-order valence-electron chi connectivity index (χ1n) is 5.02. The number of nitriles is 1. The van der Waals surface area contributed by atoms with Crippen molar-refractivity contribution in [3.05, 3.63) is 37.8 Å². The van der Waals surface area contributed by atoms with Gasteiger partial charge in [0.05, 0.1) is 23.5 Å². The highest BCUT2D eigenvalue weighted by Gasteiger charge is 2.18. The Balaban J connectivity index is 3.15. The van der Waals surface area contributed by atoms with Crippen molar-refractivity contribution < 1.29 is 14.5 Å². The molecule has 0 spiro atoms. The minimum atomic E-state index is -0.612. The normalized spacial score (nSPS) is 9.61. The van der Waals surface area contributed by atoms with Crippen LogP contribution in [0.4, 0.5) is 5.69 Å². The van der Waals surface area contributed by atoms with Crippen molar-refractivity contribution in [3.63, 3.8) is 0 Å². The van der Waals surface area contributed by atoms with Crippen LogP contribution in [0.3, 0.4) is 0 Å². The van der Waals surface area contributed by atoms with E-state index in [-0.39, 0.29) is 28.8 Å². The van der Waals surface area contributed by atoms with Gasteiger partial charge in [-0.15, -0.1) is 0 Å². The molecule has 0 amide bonds. The molecule has 0 N–H and O–H groups in total. The summed E-state index contributed by atoms with van der Waals surface area (Å²) in [6, 6.07) is 4.51. The van der Waals surface area contributed by atoms with Gasteiger partial charge in [-0.05, 0) is 34.5 Å². The monoisotopic (exact) mass is 312 g/mol. The van der Waals surface area contributed by atoms with Gasteiger partial charge in [0.15, 0.2) is 0 Å². The van der Waals surface area contributed by atoms with Gasteiger partial charge in [-0.1, -0.05) is 0 Å². The maximum absolute atomic E-state index is 11.3. The van der Waals surface area contributed by atoms with Crippen LogP contribution in [0.5, 0.6) is 0 Å². The Morgan fingerprint density at radius 2 is 2.28 bits per heavy atom. The molecule has 0 aliphatic heterocycles. The van der Waals surface area contributed by atoms with E-state index in [1.165, 1.54) is 12.1 Å². The first kappa shape index (κ1) is 14.1. The second kappa shape index (κ2) is 6.12. The molecule has 6 nitrogen and oxygen atoms in total. The van der Waals surface area contributed by atoms with E-state index >= 15 is 0 Å². The molecule has 94 valence electrons. The third kappa shape index (κ3) is 3.28. The topological polar surface area (TPSA) is 93.2 Å². The molecule has 7 heteroatoms. The molecule has 0 atom stereocenters. The second-order valence-electron chi connectivity index (χ2n) is 3.33. The van der Waals surface area contributed by atoms with Gasteiger partial charge in [0, 0.05) is 6.07 Å². The van der Waals surface area contributed by atoms with Crippen LogP contribution >= 0.6 is 15.9 Å². The fourth-order valence-corrected chi connectivity index (χ4v) is 1.82. The summed E-state index contributed by atoms with van der Waals surface area (Å²) in [4.78, 5) is 21.5. The first-order chi connectivity index (χ1) is 8.49. The summed E-state index contributed by atoms with van der Waals surface area (Å²) < 4.78 is 4.86. The van der Waals surface area contributed by atoms with Crippen molar-refractivity contribution in [3.8, 4) is 6.07 Å². The summed E-state index contributed by atoms with van der Waals surface area (Å²) in [5.41, 5.74) is 0.247. The van der Waals surface area contributed by atoms with E-state index in [1.54, 1.807) is 6.92 Å². The van der Waals surface area contributed by atoms with Crippen LogP contribution in [0.15, 0.2) is 16.6 Å². The lowest BCUT2D eigenvalue weighted by Crippen LogP contribution is -2.08. The summed E-state index contributed by atoms with van der Waals surface area (Å²) in [5.74, 6) is -0.488. The average molecular weight is 313 g/mol. The Morgan fingerprint density at radius 1 is 1.61 bits per heavy atom. The number of ether oxygens (including phenoxy) is 1. The van der Waals surface area contributed by atoms with Crippen LogP contribution in [0.1, 0.15) is 18.1 Å². The number of carbonyl (C=O) groups is 1. The van der Waals surface area contributed by atoms with Gasteiger partial charge in [-0.3, -0.25) is 14.9 Å². The van der Waals surface area contributed by atoms with Crippen LogP contribution in [0, 0.1) is 21.4 Å². The van der Waals surface area contributed by atoms with Crippen molar-refractivity contribution >= 4 is 27.6 Å². The number of nitrogens with zero attached hydrogens (tertiary/aromatic N) is 2. The maximum Gasteiger partial charge on any atom is 0.310 e. The molecule has 0 radical (unpaired) electrons. The summed E-state index contributed by atoms with van der Waals surface area (Å²) in [5, 5.41) is 19.7. The third-order valence-electron chi connectivity index (χ3n) is 2.08. The number of rotatable bonds is 4. The quantitative estimate of drug-likeness (QED) is 0.483. The number of hydrogen-bond acceptors (Lipinski definition) is 5. The number of carbonyl (C=O) groups excluding carboxylic acids is 1. The molecule has 0 saturated heterocycles. The van der Waals surface area contributed by atoms with Crippen molar-refractivity contribution in [2.75, 3.05) is 6.61 Å². The number of hydrogen-bond donors (Lipinski definition) is 0. The fourth-order valence-electron chi connectivity index (χ4n) is 1.36. The molecule has 0 aliphatic rings. The van der Waals surface area contributed by atoms with Crippen molar-refractivity contribution in [2.45, 2.75) is 13.3 Å². The SMILES string of the molecule is CCOC(=O)Cc1cc(C#N)c(Br)c([N+](=O)[O-])c1. The average Bonchev–Trinajstić information content (AvgIpc) is 2.31. The molecule has 0 unspecified atom stereocenters. The van der Waals surface area contributed by atoms with E-state index in [1.807, 2.05) is 6.07 Å². The minimum absolute atomic E-state index is 0.101. The van der Waals surface area contributed by atoms with E-state index in [9.17, 15) is 14.9 Å². The second-order valence-corrected chi connectivity index (χ2v) is 4.12. The lowest BCUT2D eigenvalue weighted by atomic mass is 10.1. The van der Waals surface area contributed by atoms with Crippen LogP contribution in [-0.2, 0) is 16.0 Å². The van der Waals surface area contributed by atoms with E-state index < -0.39 is 10.9 Å². The number of halogens is 1. The molecule has 1 rings (SSSR count). The largest absolute Gasteiger partial charge is 0.466 e. The fraction of sp³-hybridized carbons (Fsp3) is 0.273. The van der Waals surface area contributed by atoms with Gasteiger partial charge >= 0.3 is 5.97 Å². The van der Waals surface area contributed by atoms with Crippen LogP contribution in [0.2, 0.25) is 0 Å². The highest BCUT2D eigenvalue weighted by molar-refractivity contribution is 9.10. The van der Waals surface area contributed by atoms with Gasteiger partial charge in [-0.25, -0.2) is 0 Å². The summed E-state index contributed by atoms with van der Waals surface area (Å²) in [6.45, 7) is 1.91.